The van der Waals surface area contributed by atoms with E-state index in [9.17, 15) is 9.59 Å². The first-order chi connectivity index (χ1) is 12.6. The van der Waals surface area contributed by atoms with E-state index in [-0.39, 0.29) is 18.6 Å². The fourth-order valence-corrected chi connectivity index (χ4v) is 3.28. The number of ether oxygens (including phenoxy) is 1. The van der Waals surface area contributed by atoms with E-state index in [4.69, 9.17) is 4.74 Å². The van der Waals surface area contributed by atoms with Gasteiger partial charge in [-0.25, -0.2) is 4.79 Å². The smallest absolute Gasteiger partial charge is 0.410 e. The third-order valence-electron chi connectivity index (χ3n) is 4.53. The lowest BCUT2D eigenvalue weighted by molar-refractivity contribution is 0.0543. The van der Waals surface area contributed by atoms with Crippen molar-refractivity contribution in [2.75, 3.05) is 26.2 Å². The Kier molecular flexibility index (Phi) is 5.93. The lowest BCUT2D eigenvalue weighted by atomic mass is 10.1. The van der Waals surface area contributed by atoms with Gasteiger partial charge in [-0.1, -0.05) is 52.3 Å². The quantitative estimate of drug-likeness (QED) is 0.763. The molecule has 2 aromatic carbocycles. The summed E-state index contributed by atoms with van der Waals surface area (Å²) in [6.45, 7) is 4.15. The number of nitrogens with zero attached hydrogens (tertiary/aromatic N) is 2. The summed E-state index contributed by atoms with van der Waals surface area (Å²) in [5.74, 6) is 0.00102. The summed E-state index contributed by atoms with van der Waals surface area (Å²) in [6.07, 6.45) is -0.334. The Labute approximate surface area is 161 Å². The molecule has 0 N–H and O–H groups in total. The highest BCUT2D eigenvalue weighted by Crippen LogP contribution is 2.21. The molecule has 26 heavy (non-hydrogen) atoms. The van der Waals surface area contributed by atoms with Crippen LogP contribution in [0.4, 0.5) is 4.79 Å². The van der Waals surface area contributed by atoms with Crippen LogP contribution >= 0.6 is 15.9 Å². The van der Waals surface area contributed by atoms with Crippen LogP contribution in [0.2, 0.25) is 0 Å². The number of hydrogen-bond acceptors (Lipinski definition) is 3. The molecule has 6 heteroatoms. The van der Waals surface area contributed by atoms with Gasteiger partial charge in [0, 0.05) is 36.2 Å². The zero-order valence-electron chi connectivity index (χ0n) is 14.7. The Hall–Kier alpha value is -2.34. The van der Waals surface area contributed by atoms with Crippen molar-refractivity contribution in [3.63, 3.8) is 0 Å². The number of benzene rings is 2. The minimum atomic E-state index is -0.334. The number of amides is 2. The van der Waals surface area contributed by atoms with E-state index in [2.05, 4.69) is 15.9 Å². The lowest BCUT2D eigenvalue weighted by Crippen LogP contribution is -2.50. The molecule has 2 aromatic rings. The summed E-state index contributed by atoms with van der Waals surface area (Å²) in [7, 11) is 0. The van der Waals surface area contributed by atoms with E-state index < -0.39 is 0 Å². The fourth-order valence-electron chi connectivity index (χ4n) is 2.91. The number of piperazine rings is 1. The standard InChI is InChI=1S/C20H21BrN2O3/c1-15-17(8-5-9-18(15)21)19(24)22-10-12-23(13-11-22)20(25)26-14-16-6-3-2-4-7-16/h2-9H,10-14H2,1H3. The molecule has 1 aliphatic rings. The molecule has 0 spiro atoms. The second-order valence-electron chi connectivity index (χ2n) is 6.23. The third-order valence-corrected chi connectivity index (χ3v) is 5.39. The molecule has 0 aromatic heterocycles. The molecule has 136 valence electrons. The maximum Gasteiger partial charge on any atom is 0.410 e. The van der Waals surface area contributed by atoms with E-state index in [1.807, 2.05) is 55.5 Å². The SMILES string of the molecule is Cc1c(Br)cccc1C(=O)N1CCN(C(=O)OCc2ccccc2)CC1. The molecular weight excluding hydrogens is 396 g/mol. The zero-order chi connectivity index (χ0) is 18.5. The highest BCUT2D eigenvalue weighted by atomic mass is 79.9. The van der Waals surface area contributed by atoms with Gasteiger partial charge in [0.25, 0.3) is 5.91 Å². The van der Waals surface area contributed by atoms with Crippen LogP contribution in [0.25, 0.3) is 0 Å². The minimum absolute atomic E-state index is 0.00102. The summed E-state index contributed by atoms with van der Waals surface area (Å²) in [4.78, 5) is 28.4. The van der Waals surface area contributed by atoms with Crippen LogP contribution in [0.5, 0.6) is 0 Å². The van der Waals surface area contributed by atoms with Crippen molar-refractivity contribution < 1.29 is 14.3 Å². The average molecular weight is 417 g/mol. The van der Waals surface area contributed by atoms with Gasteiger partial charge in [-0.15, -0.1) is 0 Å². The number of carbonyl (C=O) groups excluding carboxylic acids is 2. The highest BCUT2D eigenvalue weighted by Gasteiger charge is 2.26. The van der Waals surface area contributed by atoms with Crippen molar-refractivity contribution in [1.29, 1.82) is 0 Å². The maximum atomic E-state index is 12.7. The third kappa shape index (κ3) is 4.25. The van der Waals surface area contributed by atoms with Crippen LogP contribution in [-0.4, -0.2) is 48.0 Å². The Morgan fingerprint density at radius 3 is 2.31 bits per heavy atom. The normalized spacial score (nSPS) is 14.2. The van der Waals surface area contributed by atoms with E-state index >= 15 is 0 Å². The Balaban J connectivity index is 1.53. The van der Waals surface area contributed by atoms with Crippen LogP contribution in [0, 0.1) is 6.92 Å². The van der Waals surface area contributed by atoms with Crippen LogP contribution < -0.4 is 0 Å². The summed E-state index contributed by atoms with van der Waals surface area (Å²) in [6, 6.07) is 15.2. The van der Waals surface area contributed by atoms with Gasteiger partial charge in [0.2, 0.25) is 0 Å². The fraction of sp³-hybridized carbons (Fsp3) is 0.300. The molecule has 0 saturated carbocycles. The maximum absolute atomic E-state index is 12.7. The first-order valence-corrected chi connectivity index (χ1v) is 9.35. The first kappa shape index (κ1) is 18.5. The predicted octanol–water partition coefficient (Wildman–Crippen LogP) is 3.85. The Morgan fingerprint density at radius 2 is 1.62 bits per heavy atom. The van der Waals surface area contributed by atoms with Gasteiger partial charge in [0.15, 0.2) is 0 Å². The number of hydrogen-bond donors (Lipinski definition) is 0. The highest BCUT2D eigenvalue weighted by molar-refractivity contribution is 9.10. The van der Waals surface area contributed by atoms with E-state index in [0.717, 1.165) is 15.6 Å². The molecule has 3 rings (SSSR count). The van der Waals surface area contributed by atoms with Crippen molar-refractivity contribution in [3.8, 4) is 0 Å². The first-order valence-electron chi connectivity index (χ1n) is 8.56. The summed E-state index contributed by atoms with van der Waals surface area (Å²) < 4.78 is 6.28. The minimum Gasteiger partial charge on any atom is -0.445 e. The Bertz CT molecular complexity index is 787. The monoisotopic (exact) mass is 416 g/mol. The van der Waals surface area contributed by atoms with E-state index in [1.165, 1.54) is 0 Å². The predicted molar refractivity (Wildman–Crippen MR) is 103 cm³/mol. The molecule has 0 radical (unpaired) electrons. The second-order valence-corrected chi connectivity index (χ2v) is 7.09. The van der Waals surface area contributed by atoms with E-state index in [1.54, 1.807) is 9.80 Å². The Morgan fingerprint density at radius 1 is 0.962 bits per heavy atom. The van der Waals surface area contributed by atoms with Gasteiger partial charge in [-0.3, -0.25) is 4.79 Å². The molecule has 1 heterocycles. The average Bonchev–Trinajstić information content (AvgIpc) is 2.68. The molecule has 1 saturated heterocycles. The van der Waals surface area contributed by atoms with Crippen LogP contribution in [-0.2, 0) is 11.3 Å². The van der Waals surface area contributed by atoms with Gasteiger partial charge in [-0.05, 0) is 30.2 Å². The largest absolute Gasteiger partial charge is 0.445 e. The van der Waals surface area contributed by atoms with Gasteiger partial charge >= 0.3 is 6.09 Å². The molecule has 0 aliphatic carbocycles. The van der Waals surface area contributed by atoms with Gasteiger partial charge < -0.3 is 14.5 Å². The number of halogens is 1. The topological polar surface area (TPSA) is 49.9 Å². The van der Waals surface area contributed by atoms with Crippen LogP contribution in [0.1, 0.15) is 21.5 Å². The molecule has 5 nitrogen and oxygen atoms in total. The number of rotatable bonds is 3. The van der Waals surface area contributed by atoms with Crippen LogP contribution in [0.3, 0.4) is 0 Å². The van der Waals surface area contributed by atoms with Crippen LogP contribution in [0.15, 0.2) is 53.0 Å². The molecular formula is C20H21BrN2O3. The van der Waals surface area contributed by atoms with Gasteiger partial charge in [0.1, 0.15) is 6.61 Å². The van der Waals surface area contributed by atoms with Gasteiger partial charge in [0.05, 0.1) is 0 Å². The van der Waals surface area contributed by atoms with Crippen molar-refractivity contribution in [1.82, 2.24) is 9.80 Å². The molecule has 1 aliphatic heterocycles. The molecule has 0 unspecified atom stereocenters. The summed E-state index contributed by atoms with van der Waals surface area (Å²) >= 11 is 3.46. The lowest BCUT2D eigenvalue weighted by Gasteiger charge is -2.34. The molecule has 0 atom stereocenters. The summed E-state index contributed by atoms with van der Waals surface area (Å²) in [5.41, 5.74) is 2.58. The zero-order valence-corrected chi connectivity index (χ0v) is 16.2. The van der Waals surface area contributed by atoms with Gasteiger partial charge in [-0.2, -0.15) is 0 Å². The number of carbonyl (C=O) groups is 2. The van der Waals surface area contributed by atoms with E-state index in [0.29, 0.717) is 31.7 Å². The van der Waals surface area contributed by atoms with Crippen molar-refractivity contribution in [2.24, 2.45) is 0 Å². The van der Waals surface area contributed by atoms with Crippen molar-refractivity contribution in [2.45, 2.75) is 13.5 Å². The van der Waals surface area contributed by atoms with Crippen molar-refractivity contribution >= 4 is 27.9 Å². The molecule has 1 fully saturated rings. The van der Waals surface area contributed by atoms with Crippen molar-refractivity contribution in [3.05, 3.63) is 69.7 Å². The summed E-state index contributed by atoms with van der Waals surface area (Å²) in [5, 5.41) is 0. The molecule has 2 amide bonds. The second kappa shape index (κ2) is 8.36. The molecule has 0 bridgehead atoms.